The number of carbonyl (C=O) groups excluding carboxylic acids is 5. The predicted octanol–water partition coefficient (Wildman–Crippen LogP) is 5.34. The zero-order valence-electron chi connectivity index (χ0n) is 36.5. The van der Waals surface area contributed by atoms with Crippen molar-refractivity contribution in [3.63, 3.8) is 0 Å². The third-order valence-corrected chi connectivity index (χ3v) is 11.8. The molecular formula is C46H56N10O7S. The van der Waals surface area contributed by atoms with Crippen molar-refractivity contribution in [3.8, 4) is 10.4 Å². The largest absolute Gasteiger partial charge is 0.443 e. The molecule has 2 aromatic heterocycles. The number of nitrogens with one attached hydrogen (secondary N) is 4. The van der Waals surface area contributed by atoms with E-state index in [0.29, 0.717) is 48.4 Å². The number of nitrogens with two attached hydrogens (primary N) is 1. The fourth-order valence-electron chi connectivity index (χ4n) is 7.21. The SMILES string of the molecule is Cc1ncsc1-c1ccc(CNC(=O)C2CC(O)CN2C(=O)C(NC(=O)CCCCCn2cc(COC(=O)NCc3ccc(C(=O)Nc4ccccc4N)cc3)nn2)C(C)(C)C)cc1. The van der Waals surface area contributed by atoms with Crippen molar-refractivity contribution in [2.75, 3.05) is 17.6 Å². The van der Waals surface area contributed by atoms with E-state index in [2.05, 4.69) is 36.6 Å². The molecule has 1 fully saturated rings. The summed E-state index contributed by atoms with van der Waals surface area (Å²) in [6.45, 7) is 8.44. The van der Waals surface area contributed by atoms with Crippen LogP contribution in [-0.4, -0.2) is 84.4 Å². The lowest BCUT2D eigenvalue weighted by molar-refractivity contribution is -0.144. The van der Waals surface area contributed by atoms with Crippen LogP contribution >= 0.6 is 11.3 Å². The molecule has 0 bridgehead atoms. The number of aliphatic hydroxyl groups is 1. The number of hydrogen-bond donors (Lipinski definition) is 6. The second-order valence-electron chi connectivity index (χ2n) is 16.9. The standard InChI is InChI=1S/C46H56N10O7S/c1-29-40(64-28-50-29)32-17-13-30(14-18-32)23-48-43(60)38-22-35(57)26-56(38)44(61)41(46(2,3)4)52-39(58)12-6-5-9-21-55-25-34(53-54-55)27-63-45(62)49-24-31-15-19-33(20-16-31)42(59)51-37-11-8-7-10-36(37)47/h7-8,10-11,13-20,25,28,35,38,41,57H,5-6,9,12,21-24,26-27,47H2,1-4H3,(H,48,60)(H,49,62)(H,51,59)(H,52,58). The van der Waals surface area contributed by atoms with Gasteiger partial charge in [-0.25, -0.2) is 9.78 Å². The Kier molecular flexibility index (Phi) is 15.8. The van der Waals surface area contributed by atoms with Crippen LogP contribution in [0.2, 0.25) is 0 Å². The number of para-hydroxylation sites is 2. The van der Waals surface area contributed by atoms with Crippen LogP contribution in [0.3, 0.4) is 0 Å². The van der Waals surface area contributed by atoms with Gasteiger partial charge in [-0.2, -0.15) is 0 Å². The minimum Gasteiger partial charge on any atom is -0.443 e. The Morgan fingerprint density at radius 1 is 0.938 bits per heavy atom. The molecule has 18 heteroatoms. The zero-order valence-corrected chi connectivity index (χ0v) is 37.3. The summed E-state index contributed by atoms with van der Waals surface area (Å²) in [4.78, 5) is 72.3. The van der Waals surface area contributed by atoms with Gasteiger partial charge in [0, 0.05) is 44.6 Å². The van der Waals surface area contributed by atoms with Crippen molar-refractivity contribution in [1.82, 2.24) is 40.8 Å². The molecule has 0 aliphatic carbocycles. The van der Waals surface area contributed by atoms with E-state index in [1.54, 1.807) is 70.7 Å². The molecule has 1 saturated heterocycles. The smallest absolute Gasteiger partial charge is 0.407 e. The molecule has 1 aliphatic heterocycles. The topological polar surface area (TPSA) is 236 Å². The highest BCUT2D eigenvalue weighted by Crippen LogP contribution is 2.29. The molecule has 5 amide bonds. The number of ether oxygens (including phenoxy) is 1. The van der Waals surface area contributed by atoms with Crippen molar-refractivity contribution in [2.24, 2.45) is 5.41 Å². The van der Waals surface area contributed by atoms with Gasteiger partial charge >= 0.3 is 6.09 Å². The van der Waals surface area contributed by atoms with E-state index in [4.69, 9.17) is 10.5 Å². The van der Waals surface area contributed by atoms with Crippen LogP contribution in [0, 0.1) is 12.3 Å². The Balaban J connectivity index is 0.877. The quantitative estimate of drug-likeness (QED) is 0.0485. The molecule has 7 N–H and O–H groups in total. The van der Waals surface area contributed by atoms with Crippen molar-refractivity contribution in [1.29, 1.82) is 0 Å². The average molecular weight is 893 g/mol. The van der Waals surface area contributed by atoms with Crippen molar-refractivity contribution < 1.29 is 33.8 Å². The number of nitrogens with zero attached hydrogens (tertiary/aromatic N) is 5. The number of thiazole rings is 1. The van der Waals surface area contributed by atoms with E-state index in [1.807, 2.05) is 57.5 Å². The molecule has 5 aromatic rings. The summed E-state index contributed by atoms with van der Waals surface area (Å²) >= 11 is 1.57. The normalized spacial score (nSPS) is 15.3. The number of hydrogen-bond acceptors (Lipinski definition) is 12. The van der Waals surface area contributed by atoms with Crippen molar-refractivity contribution >= 4 is 52.4 Å². The maximum atomic E-state index is 14.0. The first-order valence-electron chi connectivity index (χ1n) is 21.2. The number of unbranched alkanes of at least 4 members (excludes halogenated alkanes) is 2. The van der Waals surface area contributed by atoms with E-state index >= 15 is 0 Å². The summed E-state index contributed by atoms with van der Waals surface area (Å²) in [5.74, 6) is -1.35. The van der Waals surface area contributed by atoms with Gasteiger partial charge in [0.15, 0.2) is 0 Å². The fraction of sp³-hybridized carbons (Fsp3) is 0.391. The van der Waals surface area contributed by atoms with Crippen LogP contribution in [0.4, 0.5) is 16.2 Å². The minimum absolute atomic E-state index is 0.00254. The van der Waals surface area contributed by atoms with Gasteiger partial charge in [0.25, 0.3) is 5.91 Å². The summed E-state index contributed by atoms with van der Waals surface area (Å²) in [6.07, 6.45) is 2.48. The molecule has 0 radical (unpaired) electrons. The number of β-amino-alcohol motifs (C(OH)–C–C–N with tert-alkyl or cyclic N) is 1. The molecule has 0 saturated carbocycles. The number of aliphatic hydroxyl groups excluding tert-OH is 1. The average Bonchev–Trinajstić information content (AvgIpc) is 4.03. The van der Waals surface area contributed by atoms with Crippen molar-refractivity contribution in [3.05, 3.63) is 113 Å². The lowest BCUT2D eigenvalue weighted by Crippen LogP contribution is -2.57. The highest BCUT2D eigenvalue weighted by Gasteiger charge is 2.44. The number of carbonyl (C=O) groups is 5. The number of anilines is 2. The number of rotatable bonds is 18. The van der Waals surface area contributed by atoms with Gasteiger partial charge in [-0.05, 0) is 66.1 Å². The molecule has 338 valence electrons. The Hall–Kier alpha value is -6.66. The first-order valence-corrected chi connectivity index (χ1v) is 22.1. The first kappa shape index (κ1) is 46.8. The van der Waals surface area contributed by atoms with Crippen LogP contribution in [0.15, 0.2) is 84.5 Å². The number of amides is 5. The first-order chi connectivity index (χ1) is 30.6. The molecule has 0 spiro atoms. The van der Waals surface area contributed by atoms with Gasteiger partial charge in [0.2, 0.25) is 17.7 Å². The summed E-state index contributed by atoms with van der Waals surface area (Å²) in [5, 5.41) is 30.0. The highest BCUT2D eigenvalue weighted by atomic mass is 32.1. The molecule has 17 nitrogen and oxygen atoms in total. The Bertz CT molecular complexity index is 2390. The third kappa shape index (κ3) is 12.9. The molecule has 3 heterocycles. The van der Waals surface area contributed by atoms with Crippen LogP contribution in [0.25, 0.3) is 10.4 Å². The Morgan fingerprint density at radius 3 is 2.33 bits per heavy atom. The number of nitrogen functional groups attached to an aromatic ring is 1. The van der Waals surface area contributed by atoms with Crippen LogP contribution < -0.4 is 27.0 Å². The van der Waals surface area contributed by atoms with Gasteiger partial charge in [-0.15, -0.1) is 16.4 Å². The van der Waals surface area contributed by atoms with Gasteiger partial charge in [-0.3, -0.25) is 23.9 Å². The third-order valence-electron chi connectivity index (χ3n) is 10.8. The lowest BCUT2D eigenvalue weighted by Gasteiger charge is -2.35. The van der Waals surface area contributed by atoms with Gasteiger partial charge in [0.1, 0.15) is 24.4 Å². The highest BCUT2D eigenvalue weighted by molar-refractivity contribution is 7.13. The number of aromatic nitrogens is 4. The number of aryl methyl sites for hydroxylation is 2. The summed E-state index contributed by atoms with van der Waals surface area (Å²) in [6, 6.07) is 19.9. The van der Waals surface area contributed by atoms with Crippen LogP contribution in [0.1, 0.15) is 85.7 Å². The summed E-state index contributed by atoms with van der Waals surface area (Å²) < 4.78 is 6.94. The summed E-state index contributed by atoms with van der Waals surface area (Å²) in [5.41, 5.74) is 12.6. The number of alkyl carbamates (subject to hydrolysis) is 1. The second kappa shape index (κ2) is 21.6. The molecule has 3 aromatic carbocycles. The second-order valence-corrected chi connectivity index (χ2v) is 17.8. The predicted molar refractivity (Wildman–Crippen MR) is 242 cm³/mol. The van der Waals surface area contributed by atoms with Crippen LogP contribution in [0.5, 0.6) is 0 Å². The van der Waals surface area contributed by atoms with E-state index in [9.17, 15) is 29.1 Å². The molecular weight excluding hydrogens is 837 g/mol. The van der Waals surface area contributed by atoms with Crippen molar-refractivity contribution in [2.45, 2.75) is 104 Å². The van der Waals surface area contributed by atoms with E-state index in [0.717, 1.165) is 27.3 Å². The number of likely N-dealkylation sites (tertiary alicyclic amines) is 1. The van der Waals surface area contributed by atoms with E-state index in [1.165, 1.54) is 4.90 Å². The van der Waals surface area contributed by atoms with Gasteiger partial charge < -0.3 is 41.7 Å². The van der Waals surface area contributed by atoms with E-state index < -0.39 is 35.6 Å². The molecule has 64 heavy (non-hydrogen) atoms. The van der Waals surface area contributed by atoms with Crippen LogP contribution in [-0.2, 0) is 45.4 Å². The molecule has 6 rings (SSSR count). The van der Waals surface area contributed by atoms with E-state index in [-0.39, 0.29) is 56.8 Å². The molecule has 1 aliphatic rings. The Labute approximate surface area is 376 Å². The maximum Gasteiger partial charge on any atom is 0.407 e. The minimum atomic E-state index is -0.908. The fourth-order valence-corrected chi connectivity index (χ4v) is 8.02. The molecule has 3 unspecified atom stereocenters. The monoisotopic (exact) mass is 892 g/mol. The maximum absolute atomic E-state index is 14.0. The zero-order chi connectivity index (χ0) is 45.8. The molecule has 3 atom stereocenters. The van der Waals surface area contributed by atoms with Gasteiger partial charge in [0.05, 0.1) is 39.8 Å². The number of benzene rings is 3. The lowest BCUT2D eigenvalue weighted by atomic mass is 9.85. The summed E-state index contributed by atoms with van der Waals surface area (Å²) in [7, 11) is 0. The Morgan fingerprint density at radius 2 is 1.64 bits per heavy atom. The van der Waals surface area contributed by atoms with Gasteiger partial charge in [-0.1, -0.05) is 80.9 Å².